The summed E-state index contributed by atoms with van der Waals surface area (Å²) in [7, 11) is 1.56. The van der Waals surface area contributed by atoms with E-state index >= 15 is 0 Å². The number of rotatable bonds is 8. The summed E-state index contributed by atoms with van der Waals surface area (Å²) in [5.74, 6) is 0.00719. The van der Waals surface area contributed by atoms with E-state index in [-0.39, 0.29) is 24.1 Å². The summed E-state index contributed by atoms with van der Waals surface area (Å²) in [5, 5.41) is 0.489. The van der Waals surface area contributed by atoms with Crippen LogP contribution in [0.4, 0.5) is 13.2 Å². The van der Waals surface area contributed by atoms with E-state index in [4.69, 9.17) is 9.47 Å². The highest BCUT2D eigenvalue weighted by molar-refractivity contribution is 7.99. The fourth-order valence-corrected chi connectivity index (χ4v) is 3.57. The highest BCUT2D eigenvalue weighted by Crippen LogP contribution is 2.32. The number of hydrogen-bond donors (Lipinski definition) is 0. The SMILES string of the molecule is CCOC(=O)CSc1ncc(-c2ccc(OC)cc2)n1-c1ccc(OC(F)(F)F)cc1. The third-order valence-corrected chi connectivity index (χ3v) is 4.99. The van der Waals surface area contributed by atoms with Crippen LogP contribution in [0.2, 0.25) is 0 Å². The smallest absolute Gasteiger partial charge is 0.497 e. The van der Waals surface area contributed by atoms with E-state index in [0.717, 1.165) is 5.56 Å². The van der Waals surface area contributed by atoms with Gasteiger partial charge in [0, 0.05) is 11.3 Å². The molecule has 0 saturated heterocycles. The van der Waals surface area contributed by atoms with E-state index in [0.29, 0.717) is 22.3 Å². The van der Waals surface area contributed by atoms with Crippen LogP contribution in [-0.4, -0.2) is 41.4 Å². The van der Waals surface area contributed by atoms with Crippen molar-refractivity contribution in [3.05, 3.63) is 54.7 Å². The molecule has 0 unspecified atom stereocenters. The first-order valence-corrected chi connectivity index (χ1v) is 10.2. The lowest BCUT2D eigenvalue weighted by Crippen LogP contribution is -2.17. The maximum Gasteiger partial charge on any atom is 0.573 e. The minimum absolute atomic E-state index is 0.0438. The minimum Gasteiger partial charge on any atom is -0.497 e. The highest BCUT2D eigenvalue weighted by atomic mass is 32.2. The summed E-state index contributed by atoms with van der Waals surface area (Å²) >= 11 is 1.17. The molecule has 0 aliphatic rings. The summed E-state index contributed by atoms with van der Waals surface area (Å²) in [6, 6.07) is 12.7. The Morgan fingerprint density at radius 1 is 1.06 bits per heavy atom. The largest absolute Gasteiger partial charge is 0.573 e. The molecule has 0 fully saturated rings. The van der Waals surface area contributed by atoms with Crippen molar-refractivity contribution in [2.24, 2.45) is 0 Å². The summed E-state index contributed by atoms with van der Waals surface area (Å²) in [6.07, 6.45) is -3.14. The van der Waals surface area contributed by atoms with Crippen LogP contribution < -0.4 is 9.47 Å². The fraction of sp³-hybridized carbons (Fsp3) is 0.238. The Bertz CT molecular complexity index is 1020. The van der Waals surface area contributed by atoms with E-state index in [9.17, 15) is 18.0 Å². The zero-order valence-corrected chi connectivity index (χ0v) is 17.5. The molecule has 3 aromatic rings. The molecule has 6 nitrogen and oxygen atoms in total. The normalized spacial score (nSPS) is 11.3. The van der Waals surface area contributed by atoms with Gasteiger partial charge in [0.05, 0.1) is 31.4 Å². The molecule has 0 aliphatic heterocycles. The Labute approximate surface area is 180 Å². The van der Waals surface area contributed by atoms with E-state index in [2.05, 4.69) is 9.72 Å². The van der Waals surface area contributed by atoms with Gasteiger partial charge >= 0.3 is 12.3 Å². The monoisotopic (exact) mass is 452 g/mol. The lowest BCUT2D eigenvalue weighted by molar-refractivity contribution is -0.274. The van der Waals surface area contributed by atoms with Gasteiger partial charge in [-0.25, -0.2) is 4.98 Å². The number of ether oxygens (including phenoxy) is 3. The van der Waals surface area contributed by atoms with E-state index in [1.165, 1.54) is 36.0 Å². The van der Waals surface area contributed by atoms with Crippen molar-refractivity contribution in [1.82, 2.24) is 9.55 Å². The van der Waals surface area contributed by atoms with Crippen LogP contribution in [0.5, 0.6) is 11.5 Å². The topological polar surface area (TPSA) is 62.6 Å². The fourth-order valence-electron chi connectivity index (χ4n) is 2.77. The first kappa shape index (κ1) is 22.5. The molecule has 0 saturated carbocycles. The molecule has 1 heterocycles. The number of benzene rings is 2. The molecule has 0 amide bonds. The van der Waals surface area contributed by atoms with Gasteiger partial charge in [-0.3, -0.25) is 9.36 Å². The quantitative estimate of drug-likeness (QED) is 0.350. The van der Waals surface area contributed by atoms with Crippen molar-refractivity contribution in [3.63, 3.8) is 0 Å². The summed E-state index contributed by atoms with van der Waals surface area (Å²) in [4.78, 5) is 16.2. The van der Waals surface area contributed by atoms with Crippen LogP contribution in [0.15, 0.2) is 59.9 Å². The van der Waals surface area contributed by atoms with Gasteiger partial charge in [0.15, 0.2) is 5.16 Å². The molecular weight excluding hydrogens is 433 g/mol. The molecule has 10 heteroatoms. The Hall–Kier alpha value is -3.14. The van der Waals surface area contributed by atoms with Gasteiger partial charge in [-0.1, -0.05) is 11.8 Å². The minimum atomic E-state index is -4.77. The molecule has 0 aliphatic carbocycles. The van der Waals surface area contributed by atoms with Gasteiger partial charge in [0.25, 0.3) is 0 Å². The molecule has 164 valence electrons. The van der Waals surface area contributed by atoms with Gasteiger partial charge in [0.2, 0.25) is 0 Å². The van der Waals surface area contributed by atoms with E-state index < -0.39 is 6.36 Å². The number of hydrogen-bond acceptors (Lipinski definition) is 6. The number of carbonyl (C=O) groups excluding carboxylic acids is 1. The number of alkyl halides is 3. The van der Waals surface area contributed by atoms with E-state index in [1.807, 2.05) is 12.1 Å². The van der Waals surface area contributed by atoms with Crippen LogP contribution in [0.25, 0.3) is 16.9 Å². The number of esters is 1. The Kier molecular flexibility index (Phi) is 7.11. The van der Waals surface area contributed by atoms with Gasteiger partial charge in [-0.05, 0) is 55.5 Å². The second-order valence-electron chi connectivity index (χ2n) is 6.13. The van der Waals surface area contributed by atoms with Crippen LogP contribution >= 0.6 is 11.8 Å². The number of aromatic nitrogens is 2. The zero-order valence-electron chi connectivity index (χ0n) is 16.7. The third kappa shape index (κ3) is 5.94. The predicted molar refractivity (Wildman–Crippen MR) is 110 cm³/mol. The summed E-state index contributed by atoms with van der Waals surface area (Å²) < 4.78 is 53.2. The van der Waals surface area contributed by atoms with Gasteiger partial charge in [0.1, 0.15) is 11.5 Å². The number of nitrogens with zero attached hydrogens (tertiary/aromatic N) is 2. The number of methoxy groups -OCH3 is 1. The molecule has 0 bridgehead atoms. The number of thioether (sulfide) groups is 1. The van der Waals surface area contributed by atoms with Crippen molar-refractivity contribution >= 4 is 17.7 Å². The maximum atomic E-state index is 12.5. The highest BCUT2D eigenvalue weighted by Gasteiger charge is 2.31. The van der Waals surface area contributed by atoms with Crippen molar-refractivity contribution in [1.29, 1.82) is 0 Å². The molecule has 2 aromatic carbocycles. The molecular formula is C21H19F3N2O4S. The first-order valence-electron chi connectivity index (χ1n) is 9.17. The predicted octanol–water partition coefficient (Wildman–Crippen LogP) is 5.10. The van der Waals surface area contributed by atoms with Gasteiger partial charge in [-0.2, -0.15) is 0 Å². The maximum absolute atomic E-state index is 12.5. The van der Waals surface area contributed by atoms with Gasteiger partial charge in [-0.15, -0.1) is 13.2 Å². The van der Waals surface area contributed by atoms with E-state index in [1.54, 1.807) is 36.9 Å². The Morgan fingerprint density at radius 3 is 2.29 bits per heavy atom. The zero-order chi connectivity index (χ0) is 22.4. The van der Waals surface area contributed by atoms with Crippen LogP contribution in [0.3, 0.4) is 0 Å². The lowest BCUT2D eigenvalue weighted by Gasteiger charge is -2.14. The number of imidazole rings is 1. The number of halogens is 3. The number of carbonyl (C=O) groups is 1. The standard InChI is InChI=1S/C21H19F3N2O4S/c1-3-29-19(27)13-31-20-25-12-18(14-4-8-16(28-2)9-5-14)26(20)15-6-10-17(11-7-15)30-21(22,23)24/h4-12H,3,13H2,1-2H3. The third-order valence-electron chi connectivity index (χ3n) is 4.07. The van der Waals surface area contributed by atoms with Crippen molar-refractivity contribution in [2.45, 2.75) is 18.4 Å². The van der Waals surface area contributed by atoms with Crippen LogP contribution in [0.1, 0.15) is 6.92 Å². The second-order valence-corrected chi connectivity index (χ2v) is 7.07. The molecule has 0 radical (unpaired) electrons. The molecule has 0 N–H and O–H groups in total. The van der Waals surface area contributed by atoms with Gasteiger partial charge < -0.3 is 14.2 Å². The molecule has 31 heavy (non-hydrogen) atoms. The summed E-state index contributed by atoms with van der Waals surface area (Å²) in [6.45, 7) is 1.99. The van der Waals surface area contributed by atoms with Crippen molar-refractivity contribution in [2.75, 3.05) is 19.5 Å². The molecule has 0 atom stereocenters. The van der Waals surface area contributed by atoms with Crippen LogP contribution in [0, 0.1) is 0 Å². The Balaban J connectivity index is 1.97. The second kappa shape index (κ2) is 9.78. The molecule has 0 spiro atoms. The first-order chi connectivity index (χ1) is 14.8. The molecule has 1 aromatic heterocycles. The average Bonchev–Trinajstić information content (AvgIpc) is 3.16. The lowest BCUT2D eigenvalue weighted by atomic mass is 10.1. The molecule has 3 rings (SSSR count). The van der Waals surface area contributed by atoms with Crippen molar-refractivity contribution < 1.29 is 32.2 Å². The Morgan fingerprint density at radius 2 is 1.71 bits per heavy atom. The van der Waals surface area contributed by atoms with Crippen LogP contribution in [-0.2, 0) is 9.53 Å². The summed E-state index contributed by atoms with van der Waals surface area (Å²) in [5.41, 5.74) is 2.06. The van der Waals surface area contributed by atoms with Crippen molar-refractivity contribution in [3.8, 4) is 28.4 Å². The average molecular weight is 452 g/mol.